The quantitative estimate of drug-likeness (QED) is 0.532. The van der Waals surface area contributed by atoms with Gasteiger partial charge in [-0.05, 0) is 68.6 Å². The maximum atomic E-state index is 13.7. The molecule has 2 aromatic carbocycles. The summed E-state index contributed by atoms with van der Waals surface area (Å²) >= 11 is 0. The molecule has 0 amide bonds. The Kier molecular flexibility index (Phi) is 6.87. The zero-order chi connectivity index (χ0) is 21.6. The van der Waals surface area contributed by atoms with Crippen molar-refractivity contribution in [1.82, 2.24) is 14.9 Å². The Bertz CT molecular complexity index is 1090. The number of unbranched alkanes of at least 4 members (excludes halogenated alkanes) is 1. The molecule has 1 aromatic heterocycles. The maximum Gasteiger partial charge on any atom is 0.261 e. The second-order valence-corrected chi connectivity index (χ2v) is 8.31. The zero-order valence-electron chi connectivity index (χ0n) is 18.5. The molecule has 4 rings (SSSR count). The van der Waals surface area contributed by atoms with Gasteiger partial charge in [-0.3, -0.25) is 9.36 Å². The van der Waals surface area contributed by atoms with Crippen LogP contribution in [0.1, 0.15) is 32.6 Å². The third kappa shape index (κ3) is 4.90. The largest absolute Gasteiger partial charge is 0.497 e. The van der Waals surface area contributed by atoms with Gasteiger partial charge in [-0.2, -0.15) is 0 Å². The Labute approximate surface area is 183 Å². The molecule has 6 nitrogen and oxygen atoms in total. The van der Waals surface area contributed by atoms with Gasteiger partial charge in [-0.25, -0.2) is 4.98 Å². The molecule has 1 aliphatic heterocycles. The molecule has 6 heteroatoms. The van der Waals surface area contributed by atoms with E-state index in [2.05, 4.69) is 17.6 Å². The lowest BCUT2D eigenvalue weighted by Gasteiger charge is -2.25. The fourth-order valence-corrected chi connectivity index (χ4v) is 4.23. The van der Waals surface area contributed by atoms with E-state index < -0.39 is 0 Å². The van der Waals surface area contributed by atoms with Gasteiger partial charge in [0.1, 0.15) is 11.6 Å². The SMILES string of the molecule is CCCCNc1ccc2nc(-c3cccc(OC)c3)n(CC3CCCNC3)c(=O)c2c1. The standard InChI is InChI=1S/C25H32N4O2/c1-3-4-13-27-20-10-11-23-22(15-20)25(30)29(17-18-7-6-12-26-16-18)24(28-23)19-8-5-9-21(14-19)31-2/h5,8-11,14-15,18,26-27H,3-4,6-7,12-13,16-17H2,1-2H3. The number of hydrogen-bond donors (Lipinski definition) is 2. The molecular weight excluding hydrogens is 388 g/mol. The Hall–Kier alpha value is -2.86. The van der Waals surface area contributed by atoms with E-state index in [0.717, 1.165) is 67.8 Å². The molecule has 2 heterocycles. The average molecular weight is 421 g/mol. The van der Waals surface area contributed by atoms with Crippen molar-refractivity contribution in [3.8, 4) is 17.1 Å². The van der Waals surface area contributed by atoms with Crippen molar-refractivity contribution in [2.24, 2.45) is 5.92 Å². The van der Waals surface area contributed by atoms with Crippen LogP contribution in [0.15, 0.2) is 47.3 Å². The third-order valence-electron chi connectivity index (χ3n) is 5.98. The van der Waals surface area contributed by atoms with Gasteiger partial charge in [0.15, 0.2) is 0 Å². The minimum Gasteiger partial charge on any atom is -0.497 e. The predicted octanol–water partition coefficient (Wildman–Crippen LogP) is 4.28. The van der Waals surface area contributed by atoms with Crippen LogP contribution >= 0.6 is 0 Å². The zero-order valence-corrected chi connectivity index (χ0v) is 18.5. The first-order chi connectivity index (χ1) is 15.2. The summed E-state index contributed by atoms with van der Waals surface area (Å²) in [5, 5.41) is 7.55. The number of benzene rings is 2. The first kappa shape index (κ1) is 21.4. The van der Waals surface area contributed by atoms with E-state index in [1.54, 1.807) is 7.11 Å². The highest BCUT2D eigenvalue weighted by Gasteiger charge is 2.19. The molecule has 3 aromatic rings. The van der Waals surface area contributed by atoms with Crippen LogP contribution in [0.4, 0.5) is 5.69 Å². The van der Waals surface area contributed by atoms with Crippen LogP contribution in [0.25, 0.3) is 22.3 Å². The molecule has 1 aliphatic rings. The van der Waals surface area contributed by atoms with Crippen LogP contribution in [0.5, 0.6) is 5.75 Å². The van der Waals surface area contributed by atoms with Crippen molar-refractivity contribution in [1.29, 1.82) is 0 Å². The number of hydrogen-bond acceptors (Lipinski definition) is 5. The van der Waals surface area contributed by atoms with Crippen LogP contribution in [0.2, 0.25) is 0 Å². The van der Waals surface area contributed by atoms with Crippen LogP contribution in [-0.2, 0) is 6.54 Å². The molecule has 1 fully saturated rings. The van der Waals surface area contributed by atoms with Crippen molar-refractivity contribution in [3.05, 3.63) is 52.8 Å². The molecule has 31 heavy (non-hydrogen) atoms. The van der Waals surface area contributed by atoms with Crippen molar-refractivity contribution >= 4 is 16.6 Å². The molecule has 0 aliphatic carbocycles. The van der Waals surface area contributed by atoms with E-state index in [1.807, 2.05) is 47.0 Å². The summed E-state index contributed by atoms with van der Waals surface area (Å²) in [6, 6.07) is 13.7. The average Bonchev–Trinajstić information content (AvgIpc) is 2.82. The van der Waals surface area contributed by atoms with Crippen molar-refractivity contribution in [2.75, 3.05) is 32.1 Å². The lowest BCUT2D eigenvalue weighted by atomic mass is 9.99. The number of anilines is 1. The number of aromatic nitrogens is 2. The number of methoxy groups -OCH3 is 1. The lowest BCUT2D eigenvalue weighted by Crippen LogP contribution is -2.35. The number of piperidine rings is 1. The van der Waals surface area contributed by atoms with Gasteiger partial charge in [0.05, 0.1) is 18.0 Å². The van der Waals surface area contributed by atoms with Crippen molar-refractivity contribution < 1.29 is 4.74 Å². The van der Waals surface area contributed by atoms with Gasteiger partial charge in [-0.15, -0.1) is 0 Å². The second-order valence-electron chi connectivity index (χ2n) is 8.31. The Morgan fingerprint density at radius 1 is 1.26 bits per heavy atom. The van der Waals surface area contributed by atoms with Gasteiger partial charge in [-0.1, -0.05) is 25.5 Å². The molecule has 0 spiro atoms. The van der Waals surface area contributed by atoms with E-state index in [-0.39, 0.29) is 5.56 Å². The fraction of sp³-hybridized carbons (Fsp3) is 0.440. The van der Waals surface area contributed by atoms with Crippen molar-refractivity contribution in [3.63, 3.8) is 0 Å². The number of ether oxygens (including phenoxy) is 1. The molecule has 0 bridgehead atoms. The molecule has 0 saturated carbocycles. The molecule has 1 atom stereocenters. The smallest absolute Gasteiger partial charge is 0.261 e. The Morgan fingerprint density at radius 3 is 2.94 bits per heavy atom. The fourth-order valence-electron chi connectivity index (χ4n) is 4.23. The summed E-state index contributed by atoms with van der Waals surface area (Å²) in [7, 11) is 1.65. The number of nitrogens with one attached hydrogen (secondary N) is 2. The number of rotatable bonds is 8. The highest BCUT2D eigenvalue weighted by molar-refractivity contribution is 5.83. The second kappa shape index (κ2) is 9.96. The highest BCUT2D eigenvalue weighted by atomic mass is 16.5. The number of nitrogens with zero attached hydrogens (tertiary/aromatic N) is 2. The molecule has 0 radical (unpaired) electrons. The van der Waals surface area contributed by atoms with Crippen LogP contribution in [0.3, 0.4) is 0 Å². The van der Waals surface area contributed by atoms with Crippen molar-refractivity contribution in [2.45, 2.75) is 39.2 Å². The molecule has 2 N–H and O–H groups in total. The maximum absolute atomic E-state index is 13.7. The van der Waals surface area contributed by atoms with Crippen LogP contribution in [0, 0.1) is 5.92 Å². The van der Waals surface area contributed by atoms with E-state index in [4.69, 9.17) is 9.72 Å². The lowest BCUT2D eigenvalue weighted by molar-refractivity contribution is 0.334. The summed E-state index contributed by atoms with van der Waals surface area (Å²) in [6.07, 6.45) is 4.49. The highest BCUT2D eigenvalue weighted by Crippen LogP contribution is 2.25. The van der Waals surface area contributed by atoms with E-state index in [9.17, 15) is 4.79 Å². The molecule has 164 valence electrons. The van der Waals surface area contributed by atoms with Crippen LogP contribution < -0.4 is 20.9 Å². The van der Waals surface area contributed by atoms with Gasteiger partial charge in [0.25, 0.3) is 5.56 Å². The van der Waals surface area contributed by atoms with Gasteiger partial charge >= 0.3 is 0 Å². The van der Waals surface area contributed by atoms with E-state index >= 15 is 0 Å². The topological polar surface area (TPSA) is 68.2 Å². The van der Waals surface area contributed by atoms with Gasteiger partial charge in [0, 0.05) is 24.3 Å². The van der Waals surface area contributed by atoms with Crippen LogP contribution in [-0.4, -0.2) is 36.3 Å². The number of fused-ring (bicyclic) bond motifs is 1. The van der Waals surface area contributed by atoms with Gasteiger partial charge in [0.2, 0.25) is 0 Å². The molecule has 1 saturated heterocycles. The Balaban J connectivity index is 1.80. The van der Waals surface area contributed by atoms with E-state index in [0.29, 0.717) is 23.7 Å². The third-order valence-corrected chi connectivity index (χ3v) is 5.98. The summed E-state index contributed by atoms with van der Waals surface area (Å²) in [5.74, 6) is 1.88. The van der Waals surface area contributed by atoms with Gasteiger partial charge < -0.3 is 15.4 Å². The van der Waals surface area contributed by atoms with E-state index in [1.165, 1.54) is 0 Å². The first-order valence-electron chi connectivity index (χ1n) is 11.3. The normalized spacial score (nSPS) is 16.4. The summed E-state index contributed by atoms with van der Waals surface area (Å²) in [6.45, 7) is 5.72. The first-order valence-corrected chi connectivity index (χ1v) is 11.3. The minimum atomic E-state index is 0.0209. The monoisotopic (exact) mass is 420 g/mol. The summed E-state index contributed by atoms with van der Waals surface area (Å²) in [4.78, 5) is 18.6. The minimum absolute atomic E-state index is 0.0209. The summed E-state index contributed by atoms with van der Waals surface area (Å²) in [5.41, 5.74) is 2.61. The predicted molar refractivity (Wildman–Crippen MR) is 127 cm³/mol. The molecular formula is C25H32N4O2. The Morgan fingerprint density at radius 2 is 2.16 bits per heavy atom. The molecule has 1 unspecified atom stereocenters. The summed E-state index contributed by atoms with van der Waals surface area (Å²) < 4.78 is 7.28.